The molecular formula is C16H28N4O. The zero-order valence-corrected chi connectivity index (χ0v) is 13.6. The van der Waals surface area contributed by atoms with Crippen molar-refractivity contribution in [3.05, 3.63) is 11.3 Å². The van der Waals surface area contributed by atoms with Crippen LogP contribution in [0.5, 0.6) is 5.88 Å². The molecule has 118 valence electrons. The van der Waals surface area contributed by atoms with E-state index in [1.165, 1.54) is 50.8 Å². The van der Waals surface area contributed by atoms with Gasteiger partial charge in [0.25, 0.3) is 0 Å². The molecule has 2 atom stereocenters. The summed E-state index contributed by atoms with van der Waals surface area (Å²) in [5.41, 5.74) is 2.35. The van der Waals surface area contributed by atoms with E-state index in [4.69, 9.17) is 4.74 Å². The number of hydrogen-bond acceptors (Lipinski definition) is 4. The maximum absolute atomic E-state index is 5.56. The number of methoxy groups -OCH3 is 1. The molecule has 3 rings (SSSR count). The highest BCUT2D eigenvalue weighted by molar-refractivity contribution is 5.31. The molecule has 0 amide bonds. The molecule has 2 unspecified atom stereocenters. The largest absolute Gasteiger partial charge is 0.481 e. The molecule has 21 heavy (non-hydrogen) atoms. The Bertz CT molecular complexity index is 479. The van der Waals surface area contributed by atoms with Gasteiger partial charge in [-0.15, -0.1) is 0 Å². The summed E-state index contributed by atoms with van der Waals surface area (Å²) >= 11 is 0. The molecular weight excluding hydrogens is 264 g/mol. The Hall–Kier alpha value is -1.07. The first-order chi connectivity index (χ1) is 10.2. The number of hydrogen-bond donors (Lipinski definition) is 1. The van der Waals surface area contributed by atoms with Gasteiger partial charge in [0.05, 0.1) is 18.4 Å². The molecule has 0 spiro atoms. The van der Waals surface area contributed by atoms with Gasteiger partial charge in [-0.3, -0.25) is 4.90 Å². The quantitative estimate of drug-likeness (QED) is 0.919. The SMILES string of the molecule is COc1c(CN2CCCCC2C2CCCN2)c(C)nn1C. The molecule has 2 aliphatic rings. The maximum atomic E-state index is 5.56. The molecule has 1 N–H and O–H groups in total. The van der Waals surface area contributed by atoms with E-state index in [1.54, 1.807) is 7.11 Å². The molecule has 1 aromatic heterocycles. The first kappa shape index (κ1) is 14.9. The van der Waals surface area contributed by atoms with Gasteiger partial charge in [0.1, 0.15) is 0 Å². The zero-order valence-electron chi connectivity index (χ0n) is 13.6. The summed E-state index contributed by atoms with van der Waals surface area (Å²) in [7, 11) is 3.70. The lowest BCUT2D eigenvalue weighted by Crippen LogP contribution is -2.49. The van der Waals surface area contributed by atoms with Gasteiger partial charge in [0.2, 0.25) is 5.88 Å². The van der Waals surface area contributed by atoms with Crippen LogP contribution in [0.1, 0.15) is 43.4 Å². The Morgan fingerprint density at radius 1 is 1.29 bits per heavy atom. The van der Waals surface area contributed by atoms with E-state index in [2.05, 4.69) is 22.2 Å². The van der Waals surface area contributed by atoms with Crippen LogP contribution in [-0.2, 0) is 13.6 Å². The third-order valence-corrected chi connectivity index (χ3v) is 5.07. The van der Waals surface area contributed by atoms with E-state index in [0.717, 1.165) is 18.1 Å². The summed E-state index contributed by atoms with van der Waals surface area (Å²) in [5, 5.41) is 8.22. The van der Waals surface area contributed by atoms with E-state index in [0.29, 0.717) is 12.1 Å². The fourth-order valence-corrected chi connectivity index (χ4v) is 4.03. The number of rotatable bonds is 4. The summed E-state index contributed by atoms with van der Waals surface area (Å²) in [4.78, 5) is 2.65. The van der Waals surface area contributed by atoms with E-state index >= 15 is 0 Å². The Morgan fingerprint density at radius 2 is 2.14 bits per heavy atom. The molecule has 3 heterocycles. The Labute approximate surface area is 127 Å². The average molecular weight is 292 g/mol. The van der Waals surface area contributed by atoms with Gasteiger partial charge in [-0.25, -0.2) is 4.68 Å². The van der Waals surface area contributed by atoms with Crippen LogP contribution < -0.4 is 10.1 Å². The van der Waals surface area contributed by atoms with E-state index < -0.39 is 0 Å². The molecule has 2 saturated heterocycles. The minimum Gasteiger partial charge on any atom is -0.481 e. The predicted molar refractivity (Wildman–Crippen MR) is 83.6 cm³/mol. The zero-order chi connectivity index (χ0) is 14.8. The van der Waals surface area contributed by atoms with Crippen LogP contribution in [0, 0.1) is 6.92 Å². The number of nitrogens with zero attached hydrogens (tertiary/aromatic N) is 3. The highest BCUT2D eigenvalue weighted by atomic mass is 16.5. The molecule has 2 fully saturated rings. The second kappa shape index (κ2) is 6.36. The number of aryl methyl sites for hydroxylation is 2. The number of nitrogens with one attached hydrogen (secondary N) is 1. The molecule has 5 heteroatoms. The van der Waals surface area contributed by atoms with Crippen molar-refractivity contribution in [3.8, 4) is 5.88 Å². The van der Waals surface area contributed by atoms with Crippen molar-refractivity contribution in [1.29, 1.82) is 0 Å². The smallest absolute Gasteiger partial charge is 0.216 e. The van der Waals surface area contributed by atoms with Crippen molar-refractivity contribution >= 4 is 0 Å². The van der Waals surface area contributed by atoms with Crippen molar-refractivity contribution in [2.75, 3.05) is 20.2 Å². The molecule has 5 nitrogen and oxygen atoms in total. The topological polar surface area (TPSA) is 42.3 Å². The number of piperidine rings is 1. The first-order valence-corrected chi connectivity index (χ1v) is 8.24. The van der Waals surface area contributed by atoms with Crippen LogP contribution in [0.25, 0.3) is 0 Å². The predicted octanol–water partition coefficient (Wildman–Crippen LogP) is 1.84. The summed E-state index contributed by atoms with van der Waals surface area (Å²) in [6.07, 6.45) is 6.64. The second-order valence-electron chi connectivity index (χ2n) is 6.43. The van der Waals surface area contributed by atoms with Crippen molar-refractivity contribution in [3.63, 3.8) is 0 Å². The summed E-state index contributed by atoms with van der Waals surface area (Å²) < 4.78 is 7.42. The van der Waals surface area contributed by atoms with Crippen LogP contribution in [0.15, 0.2) is 0 Å². The highest BCUT2D eigenvalue weighted by Crippen LogP contribution is 2.29. The van der Waals surface area contributed by atoms with Crippen molar-refractivity contribution < 1.29 is 4.74 Å². The molecule has 1 aromatic rings. The Balaban J connectivity index is 1.78. The van der Waals surface area contributed by atoms with Crippen molar-refractivity contribution in [2.24, 2.45) is 7.05 Å². The normalized spacial score (nSPS) is 27.2. The van der Waals surface area contributed by atoms with Crippen LogP contribution in [-0.4, -0.2) is 47.0 Å². The average Bonchev–Trinajstić information content (AvgIpc) is 3.09. The fourth-order valence-electron chi connectivity index (χ4n) is 4.03. The molecule has 0 aliphatic carbocycles. The number of aromatic nitrogens is 2. The lowest BCUT2D eigenvalue weighted by molar-refractivity contribution is 0.111. The summed E-state index contributed by atoms with van der Waals surface area (Å²) in [6, 6.07) is 1.35. The van der Waals surface area contributed by atoms with Gasteiger partial charge < -0.3 is 10.1 Å². The van der Waals surface area contributed by atoms with E-state index in [1.807, 2.05) is 11.7 Å². The monoisotopic (exact) mass is 292 g/mol. The molecule has 2 aliphatic heterocycles. The second-order valence-corrected chi connectivity index (χ2v) is 6.43. The maximum Gasteiger partial charge on any atom is 0.216 e. The standard InChI is InChI=1S/C16H28N4O/c1-12-13(16(21-3)19(2)18-12)11-20-10-5-4-8-15(20)14-7-6-9-17-14/h14-15,17H,4-11H2,1-3H3. The number of likely N-dealkylation sites (tertiary alicyclic amines) is 1. The van der Waals surface area contributed by atoms with Gasteiger partial charge in [-0.05, 0) is 45.7 Å². The van der Waals surface area contributed by atoms with Crippen LogP contribution >= 0.6 is 0 Å². The van der Waals surface area contributed by atoms with Gasteiger partial charge in [0, 0.05) is 25.7 Å². The molecule has 0 aromatic carbocycles. The lowest BCUT2D eigenvalue weighted by Gasteiger charge is -2.39. The van der Waals surface area contributed by atoms with E-state index in [-0.39, 0.29) is 0 Å². The van der Waals surface area contributed by atoms with Gasteiger partial charge in [0.15, 0.2) is 0 Å². The Morgan fingerprint density at radius 3 is 2.86 bits per heavy atom. The molecule has 0 saturated carbocycles. The van der Waals surface area contributed by atoms with Gasteiger partial charge in [-0.2, -0.15) is 5.10 Å². The minimum atomic E-state index is 0.672. The third kappa shape index (κ3) is 2.94. The number of ether oxygens (including phenoxy) is 1. The van der Waals surface area contributed by atoms with Crippen molar-refractivity contribution in [2.45, 2.75) is 57.7 Å². The van der Waals surface area contributed by atoms with Gasteiger partial charge in [-0.1, -0.05) is 6.42 Å². The van der Waals surface area contributed by atoms with Crippen molar-refractivity contribution in [1.82, 2.24) is 20.0 Å². The lowest BCUT2D eigenvalue weighted by atomic mass is 9.94. The fraction of sp³-hybridized carbons (Fsp3) is 0.812. The molecule has 0 radical (unpaired) electrons. The van der Waals surface area contributed by atoms with E-state index in [9.17, 15) is 0 Å². The molecule has 0 bridgehead atoms. The highest BCUT2D eigenvalue weighted by Gasteiger charge is 2.32. The van der Waals surface area contributed by atoms with Gasteiger partial charge >= 0.3 is 0 Å². The first-order valence-electron chi connectivity index (χ1n) is 8.24. The Kier molecular flexibility index (Phi) is 4.50. The summed E-state index contributed by atoms with van der Waals surface area (Å²) in [5.74, 6) is 0.913. The minimum absolute atomic E-state index is 0.672. The summed E-state index contributed by atoms with van der Waals surface area (Å²) in [6.45, 7) is 5.43. The third-order valence-electron chi connectivity index (χ3n) is 5.07. The van der Waals surface area contributed by atoms with Crippen LogP contribution in [0.4, 0.5) is 0 Å². The van der Waals surface area contributed by atoms with Crippen LogP contribution in [0.2, 0.25) is 0 Å². The van der Waals surface area contributed by atoms with Crippen LogP contribution in [0.3, 0.4) is 0 Å².